The molecule has 0 bridgehead atoms. The number of halogens is 1. The maximum atomic E-state index is 12.9. The molecule has 6 aromatic rings. The van der Waals surface area contributed by atoms with Gasteiger partial charge in [0.1, 0.15) is 43.4 Å². The number of sulfonamides is 2. The van der Waals surface area contributed by atoms with Gasteiger partial charge >= 0.3 is 29.7 Å². The van der Waals surface area contributed by atoms with Gasteiger partial charge in [0.15, 0.2) is 0 Å². The van der Waals surface area contributed by atoms with Crippen molar-refractivity contribution < 1.29 is 49.7 Å². The minimum Gasteiger partial charge on any atom is -0.309 e. The van der Waals surface area contributed by atoms with Gasteiger partial charge < -0.3 is 29.7 Å². The number of phenolic OH excluding ortho intramolecular Hbond substituents is 2. The molecule has 0 unspecified atom stereocenters. The molecular weight excluding hydrogens is 1070 g/mol. The first-order valence-electron chi connectivity index (χ1n) is 22.7. The van der Waals surface area contributed by atoms with E-state index in [-0.39, 0.29) is 31.9 Å². The standard InChI is InChI=1S/C16H17NO4S.C14H13NO4S.C8H9ClO3S.C8H9N.C6H10.PS2/c1-20-14-7-8-16(15(9-14)21-2)22(18,19)17-10-12-5-3-4-6-13(12)11-17;16-12-5-6-14(13(17)7-12)20(18,19)15-8-10-3-1-2-4-11(10)9-15;1-6-3-4-8(13(9,10)11)7(5-6)12-2;1-2-4-8-6-9-5-7(8)3-1;1-2-4-6-5-3-1;2-1-3/h3-9H,10-11H2,1-2H3;1-7,16-17H,8-9H2;3-5H,1-2H3;1-4,9H,5-6H2;1-2H,3-6H2;/q;;;;;+1. The topological polar surface area (TPSA) is 189 Å². The van der Waals surface area contributed by atoms with Crippen LogP contribution in [0.3, 0.4) is 0 Å². The number of allylic oxidation sites excluding steroid dienone is 2. The number of phenols is 2. The van der Waals surface area contributed by atoms with Crippen LogP contribution >= 0.6 is 16.8 Å². The van der Waals surface area contributed by atoms with Crippen molar-refractivity contribution in [3.05, 3.63) is 178 Å². The van der Waals surface area contributed by atoms with E-state index >= 15 is 0 Å². The molecule has 0 saturated heterocycles. The van der Waals surface area contributed by atoms with Crippen LogP contribution < -0.4 is 19.5 Å². The Labute approximate surface area is 445 Å². The van der Waals surface area contributed by atoms with Gasteiger partial charge in [-0.15, -0.1) is 0 Å². The maximum absolute atomic E-state index is 12.9. The van der Waals surface area contributed by atoms with Gasteiger partial charge in [0.25, 0.3) is 9.05 Å². The first-order valence-corrected chi connectivity index (χ1v) is 30.8. The van der Waals surface area contributed by atoms with Crippen molar-refractivity contribution in [2.24, 2.45) is 0 Å². The summed E-state index contributed by atoms with van der Waals surface area (Å²) in [6, 6.07) is 36.7. The molecule has 0 fully saturated rings. The van der Waals surface area contributed by atoms with Gasteiger partial charge in [0.2, 0.25) is 20.0 Å². The molecule has 14 nitrogen and oxygen atoms in total. The number of hydrogen-bond acceptors (Lipinski definition) is 14. The monoisotopic (exact) mass is 1130 g/mol. The largest absolute Gasteiger partial charge is 0.309 e. The Balaban J connectivity index is 0.000000177. The third-order valence-corrected chi connectivity index (χ3v) is 16.7. The smallest absolute Gasteiger partial charge is 0.0211 e. The van der Waals surface area contributed by atoms with Crippen LogP contribution in [0.5, 0.6) is 28.7 Å². The summed E-state index contributed by atoms with van der Waals surface area (Å²) >= 11 is 8.36. The normalized spacial score (nSPS) is 14.4. The fraction of sp³-hybridized carbons (Fsp3) is 0.269. The van der Waals surface area contributed by atoms with Crippen LogP contribution in [0.1, 0.15) is 64.6 Å². The van der Waals surface area contributed by atoms with E-state index in [0.717, 1.165) is 47.0 Å². The van der Waals surface area contributed by atoms with Crippen LogP contribution in [-0.4, -0.2) is 65.4 Å². The van der Waals surface area contributed by atoms with Crippen molar-refractivity contribution in [1.29, 1.82) is 0 Å². The van der Waals surface area contributed by atoms with E-state index in [4.69, 9.17) is 24.9 Å². The molecule has 0 atom stereocenters. The Morgan fingerprint density at radius 3 is 1.36 bits per heavy atom. The van der Waals surface area contributed by atoms with E-state index in [0.29, 0.717) is 38.1 Å². The van der Waals surface area contributed by atoms with Crippen LogP contribution in [0.2, 0.25) is 0 Å². The molecule has 73 heavy (non-hydrogen) atoms. The number of rotatable bonds is 8. The summed E-state index contributed by atoms with van der Waals surface area (Å²) in [6.07, 6.45) is 10.6. The van der Waals surface area contributed by atoms with E-state index in [1.165, 1.54) is 91.0 Å². The number of benzene rings is 6. The Morgan fingerprint density at radius 1 is 0.548 bits per heavy atom. The molecule has 1 aliphatic carbocycles. The second kappa shape index (κ2) is 28.0. The average molecular weight is 1130 g/mol. The zero-order chi connectivity index (χ0) is 53.2. The number of nitrogens with one attached hydrogen (secondary N) is 1. The quantitative estimate of drug-likeness (QED) is 0.0742. The van der Waals surface area contributed by atoms with Crippen molar-refractivity contribution in [2.45, 2.75) is 86.6 Å². The Morgan fingerprint density at radius 2 is 0.959 bits per heavy atom. The number of methoxy groups -OCH3 is 3. The summed E-state index contributed by atoms with van der Waals surface area (Å²) in [7, 11) is -1.55. The fourth-order valence-electron chi connectivity index (χ4n) is 7.90. The second-order valence-electron chi connectivity index (χ2n) is 16.5. The van der Waals surface area contributed by atoms with Crippen molar-refractivity contribution in [1.82, 2.24) is 13.9 Å². The minimum atomic E-state index is -3.78. The molecule has 3 heterocycles. The van der Waals surface area contributed by atoms with Gasteiger partial charge in [-0.2, -0.15) is 8.61 Å². The predicted molar refractivity (Wildman–Crippen MR) is 292 cm³/mol. The molecule has 0 radical (unpaired) electrons. The van der Waals surface area contributed by atoms with Gasteiger partial charge in [0, 0.05) is 62.1 Å². The molecule has 4 aliphatic rings. The summed E-state index contributed by atoms with van der Waals surface area (Å²) in [5.74, 6) is 0.498. The van der Waals surface area contributed by atoms with Gasteiger partial charge in [-0.05, 0) is 108 Å². The first-order chi connectivity index (χ1) is 34.9. The summed E-state index contributed by atoms with van der Waals surface area (Å²) in [4.78, 5) is -0.0334. The van der Waals surface area contributed by atoms with Crippen LogP contribution in [0, 0.1) is 6.92 Å². The molecule has 0 aromatic heterocycles. The molecule has 6 aromatic carbocycles. The second-order valence-corrected chi connectivity index (χ2v) is 24.8. The Kier molecular flexibility index (Phi) is 22.6. The molecule has 0 amide bonds. The van der Waals surface area contributed by atoms with Crippen LogP contribution in [0.4, 0.5) is 0 Å². The molecule has 3 N–H and O–H groups in total. The maximum Gasteiger partial charge on any atom is 0.0211 e. The number of nitrogens with zero attached hydrogens (tertiary/aromatic N) is 2. The number of ether oxygens (including phenoxy) is 3. The number of fused-ring (bicyclic) bond motifs is 3. The van der Waals surface area contributed by atoms with Gasteiger partial charge in [-0.25, -0.2) is 25.3 Å². The van der Waals surface area contributed by atoms with Crippen LogP contribution in [-0.2, 0) is 92.0 Å². The molecule has 3 aliphatic heterocycles. The molecule has 0 saturated carbocycles. The minimum absolute atomic E-state index is 0.00210. The zero-order valence-electron chi connectivity index (χ0n) is 40.7. The van der Waals surface area contributed by atoms with E-state index in [1.807, 2.05) is 55.5 Å². The third-order valence-electron chi connectivity index (χ3n) is 11.7. The molecular formula is C52H58ClN3O11PS5+. The fourth-order valence-corrected chi connectivity index (χ4v) is 11.9. The predicted octanol–water partition coefficient (Wildman–Crippen LogP) is 10.4. The van der Waals surface area contributed by atoms with E-state index < -0.39 is 34.8 Å². The van der Waals surface area contributed by atoms with Crippen LogP contribution in [0.25, 0.3) is 0 Å². The Hall–Kier alpha value is -5.05. The Bertz CT molecular complexity index is 3170. The van der Waals surface area contributed by atoms with E-state index in [9.17, 15) is 35.5 Å². The number of aromatic hydroxyl groups is 2. The zero-order valence-corrected chi connectivity index (χ0v) is 46.4. The van der Waals surface area contributed by atoms with E-state index in [1.54, 1.807) is 24.3 Å². The van der Waals surface area contributed by atoms with Crippen LogP contribution in [0.15, 0.2) is 154 Å². The number of hydrogen-bond donors (Lipinski definition) is 3. The summed E-state index contributed by atoms with van der Waals surface area (Å²) in [5, 5.41) is 22.3. The SMILES string of the molecule is C1=CCCCC1.COc1cc(C)ccc1S(=O)(=O)Cl.COc1ccc(S(=O)(=O)N2Cc3ccccc3C2)c(OC)c1.O=S(=O)(c1ccc(O)cc1O)N1Cc2ccccc2C1.S=[P+]=S.c1ccc2c(c1)CNC2. The summed E-state index contributed by atoms with van der Waals surface area (Å²) < 4.78 is 90.8. The molecule has 388 valence electrons. The molecule has 0 spiro atoms. The van der Waals surface area contributed by atoms with Crippen molar-refractivity contribution >= 4 is 69.5 Å². The first kappa shape index (κ1) is 58.8. The van der Waals surface area contributed by atoms with Gasteiger partial charge in [-0.3, -0.25) is 0 Å². The third kappa shape index (κ3) is 16.5. The van der Waals surface area contributed by atoms with Crippen molar-refractivity contribution in [3.63, 3.8) is 0 Å². The molecule has 10 rings (SSSR count). The summed E-state index contributed by atoms with van der Waals surface area (Å²) in [5.41, 5.74) is 7.84. The van der Waals surface area contributed by atoms with Crippen molar-refractivity contribution in [2.75, 3.05) is 21.3 Å². The van der Waals surface area contributed by atoms with E-state index in [2.05, 4.69) is 65.3 Å². The number of aryl methyl sites for hydroxylation is 1. The van der Waals surface area contributed by atoms with Gasteiger partial charge in [-0.1, -0.05) is 91.0 Å². The summed E-state index contributed by atoms with van der Waals surface area (Å²) in [6.45, 7) is 5.29. The van der Waals surface area contributed by atoms with Gasteiger partial charge in [0.05, 0.1) is 21.3 Å². The van der Waals surface area contributed by atoms with Crippen molar-refractivity contribution in [3.8, 4) is 28.7 Å². The average Bonchev–Trinajstić information content (AvgIpc) is 4.17. The molecule has 21 heteroatoms.